The molecule has 2 atom stereocenters. The second kappa shape index (κ2) is 12.5. The van der Waals surface area contributed by atoms with Gasteiger partial charge in [0.2, 0.25) is 11.8 Å². The molecule has 5 rings (SSSR count). The molecule has 2 aromatic carbocycles. The lowest BCUT2D eigenvalue weighted by Crippen LogP contribution is -2.42. The maximum Gasteiger partial charge on any atom is 0.251 e. The van der Waals surface area contributed by atoms with E-state index < -0.39 is 23.0 Å². The van der Waals surface area contributed by atoms with Crippen LogP contribution < -0.4 is 16.4 Å². The number of nitrogens with one attached hydrogen (secondary N) is 3. The number of aliphatic hydroxyl groups is 1. The molecule has 2 aliphatic rings. The minimum atomic E-state index is -1.06. The van der Waals surface area contributed by atoms with E-state index in [1.54, 1.807) is 36.9 Å². The first-order chi connectivity index (χ1) is 21.0. The lowest BCUT2D eigenvalue weighted by Gasteiger charge is -2.34. The second-order valence-corrected chi connectivity index (χ2v) is 12.1. The average Bonchev–Trinajstić information content (AvgIpc) is 3.69. The van der Waals surface area contributed by atoms with E-state index in [9.17, 15) is 24.8 Å². The van der Waals surface area contributed by atoms with Crippen molar-refractivity contribution >= 4 is 17.7 Å². The van der Waals surface area contributed by atoms with Gasteiger partial charge in [-0.3, -0.25) is 14.4 Å². The number of aromatic nitrogens is 4. The quantitative estimate of drug-likeness (QED) is 0.208. The molecular weight excluding hydrogens is 562 g/mol. The number of nitriles is 1. The number of likely N-dealkylation sites (tertiary alicyclic amines) is 1. The van der Waals surface area contributed by atoms with Crippen LogP contribution in [0.4, 0.5) is 0 Å². The molecule has 0 bridgehead atoms. The van der Waals surface area contributed by atoms with Crippen LogP contribution in [0.5, 0.6) is 0 Å². The predicted octanol–water partition coefficient (Wildman–Crippen LogP) is 0.727. The molecule has 1 aliphatic heterocycles. The number of carbonyl (C=O) groups is 3. The van der Waals surface area contributed by atoms with E-state index in [4.69, 9.17) is 5.73 Å². The Morgan fingerprint density at radius 2 is 1.84 bits per heavy atom. The van der Waals surface area contributed by atoms with Crippen molar-refractivity contribution in [2.24, 2.45) is 5.73 Å². The highest BCUT2D eigenvalue weighted by Crippen LogP contribution is 2.46. The Morgan fingerprint density at radius 1 is 1.16 bits per heavy atom. The third kappa shape index (κ3) is 6.17. The molecule has 6 N–H and O–H groups in total. The molecule has 3 amide bonds. The van der Waals surface area contributed by atoms with E-state index in [1.165, 1.54) is 0 Å². The van der Waals surface area contributed by atoms with Gasteiger partial charge in [-0.2, -0.15) is 5.26 Å². The van der Waals surface area contributed by atoms with Gasteiger partial charge in [0, 0.05) is 24.2 Å². The fourth-order valence-corrected chi connectivity index (χ4v) is 6.30. The van der Waals surface area contributed by atoms with Crippen LogP contribution in [0.1, 0.15) is 81.9 Å². The number of nitrogens with two attached hydrogens (primary N) is 1. The van der Waals surface area contributed by atoms with Crippen LogP contribution >= 0.6 is 0 Å². The van der Waals surface area contributed by atoms with Gasteiger partial charge in [-0.1, -0.05) is 12.1 Å². The van der Waals surface area contributed by atoms with E-state index in [-0.39, 0.29) is 24.9 Å². The molecule has 0 saturated carbocycles. The number of nitrogens with zero attached hydrogens (tertiary/aromatic N) is 5. The Bertz CT molecular complexity index is 1590. The summed E-state index contributed by atoms with van der Waals surface area (Å²) in [5.74, 6) is -0.494. The number of hydrogen-bond acceptors (Lipinski definition) is 9. The lowest BCUT2D eigenvalue weighted by atomic mass is 9.69. The van der Waals surface area contributed by atoms with Crippen LogP contribution in [0, 0.1) is 11.3 Å². The number of tetrazole rings is 1. The van der Waals surface area contributed by atoms with Gasteiger partial charge in [0.1, 0.15) is 6.04 Å². The third-order valence-corrected chi connectivity index (χ3v) is 8.45. The molecule has 0 radical (unpaired) electrons. The number of rotatable bonds is 10. The highest BCUT2D eigenvalue weighted by Gasteiger charge is 2.44. The van der Waals surface area contributed by atoms with Crippen LogP contribution in [0.15, 0.2) is 36.4 Å². The van der Waals surface area contributed by atoms with Crippen molar-refractivity contribution in [1.82, 2.24) is 36.2 Å². The average molecular weight is 600 g/mol. The summed E-state index contributed by atoms with van der Waals surface area (Å²) < 4.78 is 0. The maximum atomic E-state index is 13.0. The summed E-state index contributed by atoms with van der Waals surface area (Å²) in [4.78, 5) is 39.7. The van der Waals surface area contributed by atoms with Crippen LogP contribution in [0.25, 0.3) is 0 Å². The normalized spacial score (nSPS) is 19.4. The van der Waals surface area contributed by atoms with Crippen LogP contribution in [0.2, 0.25) is 0 Å². The molecule has 2 heterocycles. The molecule has 44 heavy (non-hydrogen) atoms. The van der Waals surface area contributed by atoms with Crippen molar-refractivity contribution in [3.63, 3.8) is 0 Å². The van der Waals surface area contributed by atoms with Crippen molar-refractivity contribution < 1.29 is 19.5 Å². The first-order valence-electron chi connectivity index (χ1n) is 14.7. The van der Waals surface area contributed by atoms with Crippen molar-refractivity contribution in [3.8, 4) is 6.07 Å². The van der Waals surface area contributed by atoms with Crippen LogP contribution in [-0.4, -0.2) is 86.2 Å². The van der Waals surface area contributed by atoms with E-state index in [1.807, 2.05) is 18.2 Å². The standard InChI is InChI=1S/C31H37N9O4/c1-30(2,44)18-35-28(43)22-8-10-25-20(15-22)6-5-19-14-21(27(33)42)7-9-24(19)31(25,29-36-38-39-37-29)11-12-34-17-26(41)40-13-3-4-23(40)16-32/h7-10,14-15,23,34,44H,3-6,11-13,17-18H2,1-2H3,(H2,33,42)(H,35,43)(H,36,37,38,39). The van der Waals surface area contributed by atoms with E-state index in [0.29, 0.717) is 55.7 Å². The van der Waals surface area contributed by atoms with E-state index >= 15 is 0 Å². The van der Waals surface area contributed by atoms with Gasteiger partial charge in [-0.25, -0.2) is 5.10 Å². The third-order valence-electron chi connectivity index (χ3n) is 8.45. The number of fused-ring (bicyclic) bond motifs is 2. The van der Waals surface area contributed by atoms with Gasteiger partial charge < -0.3 is 26.4 Å². The molecule has 13 heteroatoms. The minimum Gasteiger partial charge on any atom is -0.389 e. The second-order valence-electron chi connectivity index (χ2n) is 12.1. The SMILES string of the molecule is CC(C)(O)CNC(=O)c1ccc2c(c1)CCc1cc(C(N)=O)ccc1C2(CCNCC(=O)N1CCCC1C#N)c1nnn[nH]1. The van der Waals surface area contributed by atoms with Crippen molar-refractivity contribution in [2.75, 3.05) is 26.2 Å². The number of aromatic amines is 1. The molecular formula is C31H37N9O4. The smallest absolute Gasteiger partial charge is 0.251 e. The van der Waals surface area contributed by atoms with E-state index in [2.05, 4.69) is 37.3 Å². The Labute approximate surface area is 255 Å². The number of aryl methyl sites for hydroxylation is 2. The maximum absolute atomic E-state index is 13.0. The summed E-state index contributed by atoms with van der Waals surface area (Å²) in [6, 6.07) is 12.7. The van der Waals surface area contributed by atoms with Gasteiger partial charge in [0.25, 0.3) is 5.91 Å². The highest BCUT2D eigenvalue weighted by molar-refractivity contribution is 5.95. The topological polar surface area (TPSA) is 203 Å². The Morgan fingerprint density at radius 3 is 2.45 bits per heavy atom. The monoisotopic (exact) mass is 599 g/mol. The molecule has 1 aliphatic carbocycles. The van der Waals surface area contributed by atoms with Crippen LogP contribution in [-0.2, 0) is 23.1 Å². The number of hydrogen-bond donors (Lipinski definition) is 5. The lowest BCUT2D eigenvalue weighted by molar-refractivity contribution is -0.130. The molecule has 3 aromatic rings. The van der Waals surface area contributed by atoms with E-state index in [0.717, 1.165) is 28.7 Å². The summed E-state index contributed by atoms with van der Waals surface area (Å²) in [5, 5.41) is 40.7. The summed E-state index contributed by atoms with van der Waals surface area (Å²) >= 11 is 0. The van der Waals surface area contributed by atoms with Gasteiger partial charge in [0.15, 0.2) is 5.82 Å². The van der Waals surface area contributed by atoms with Gasteiger partial charge in [0.05, 0.1) is 23.6 Å². The fraction of sp³-hybridized carbons (Fsp3) is 0.452. The molecule has 2 unspecified atom stereocenters. The largest absolute Gasteiger partial charge is 0.389 e. The minimum absolute atomic E-state index is 0.0730. The molecule has 13 nitrogen and oxygen atoms in total. The van der Waals surface area contributed by atoms with Crippen molar-refractivity contribution in [3.05, 3.63) is 75.6 Å². The summed E-state index contributed by atoms with van der Waals surface area (Å²) in [6.07, 6.45) is 3.06. The number of benzene rings is 2. The Kier molecular flexibility index (Phi) is 8.75. The zero-order valence-electron chi connectivity index (χ0n) is 24.9. The van der Waals surface area contributed by atoms with Crippen molar-refractivity contribution in [1.29, 1.82) is 5.26 Å². The summed E-state index contributed by atoms with van der Waals surface area (Å²) in [5.41, 5.74) is 8.05. The first kappa shape index (κ1) is 30.8. The summed E-state index contributed by atoms with van der Waals surface area (Å²) in [6.45, 7) is 4.37. The number of H-pyrrole nitrogens is 1. The Hall–Kier alpha value is -4.67. The van der Waals surface area contributed by atoms with Gasteiger partial charge in [-0.15, -0.1) is 5.10 Å². The van der Waals surface area contributed by atoms with Crippen molar-refractivity contribution in [2.45, 2.75) is 63.0 Å². The molecule has 0 spiro atoms. The molecule has 230 valence electrons. The molecule has 1 aromatic heterocycles. The Balaban J connectivity index is 1.53. The number of amides is 3. The highest BCUT2D eigenvalue weighted by atomic mass is 16.3. The van der Waals surface area contributed by atoms with Crippen LogP contribution in [0.3, 0.4) is 0 Å². The number of carbonyl (C=O) groups excluding carboxylic acids is 3. The predicted molar refractivity (Wildman–Crippen MR) is 159 cm³/mol. The zero-order valence-corrected chi connectivity index (χ0v) is 24.9. The number of primary amides is 1. The van der Waals surface area contributed by atoms with Gasteiger partial charge in [-0.05, 0) is 109 Å². The summed E-state index contributed by atoms with van der Waals surface area (Å²) in [7, 11) is 0. The first-order valence-corrected chi connectivity index (χ1v) is 14.7. The van der Waals surface area contributed by atoms with Gasteiger partial charge >= 0.3 is 0 Å². The fourth-order valence-electron chi connectivity index (χ4n) is 6.30. The molecule has 1 saturated heterocycles. The molecule has 1 fully saturated rings. The zero-order chi connectivity index (χ0) is 31.5.